The van der Waals surface area contributed by atoms with Gasteiger partial charge in [0.2, 0.25) is 0 Å². The number of rotatable bonds is 5. The number of benzene rings is 1. The van der Waals surface area contributed by atoms with Gasteiger partial charge in [0.25, 0.3) is 0 Å². The Labute approximate surface area is 118 Å². The topological polar surface area (TPSA) is 29.3 Å². The molecule has 0 bridgehead atoms. The Balaban J connectivity index is 2.00. The van der Waals surface area contributed by atoms with Crippen molar-refractivity contribution in [1.82, 2.24) is 4.90 Å². The van der Waals surface area contributed by atoms with E-state index < -0.39 is 0 Å². The van der Waals surface area contributed by atoms with Crippen LogP contribution in [0.1, 0.15) is 38.7 Å². The fraction of sp³-hybridized carbons (Fsp3) is 0.647. The first-order valence-electron chi connectivity index (χ1n) is 7.66. The van der Waals surface area contributed by atoms with Crippen molar-refractivity contribution in [2.75, 3.05) is 26.2 Å². The summed E-state index contributed by atoms with van der Waals surface area (Å²) in [7, 11) is 0. The lowest BCUT2D eigenvalue weighted by molar-refractivity contribution is 0.151. The second kappa shape index (κ2) is 6.53. The van der Waals surface area contributed by atoms with E-state index in [4.69, 9.17) is 5.73 Å². The molecule has 1 aliphatic heterocycles. The van der Waals surface area contributed by atoms with Gasteiger partial charge >= 0.3 is 0 Å². The second-order valence-corrected chi connectivity index (χ2v) is 6.26. The van der Waals surface area contributed by atoms with Gasteiger partial charge in [0.1, 0.15) is 0 Å². The van der Waals surface area contributed by atoms with Gasteiger partial charge in [-0.2, -0.15) is 0 Å². The Morgan fingerprint density at radius 2 is 1.84 bits per heavy atom. The smallest absolute Gasteiger partial charge is 0.0174 e. The molecule has 0 aromatic heterocycles. The summed E-state index contributed by atoms with van der Waals surface area (Å²) in [4.78, 5) is 2.60. The predicted molar refractivity (Wildman–Crippen MR) is 82.3 cm³/mol. The minimum Gasteiger partial charge on any atom is -0.330 e. The number of hydrogen-bond acceptors (Lipinski definition) is 2. The van der Waals surface area contributed by atoms with Gasteiger partial charge in [0.15, 0.2) is 0 Å². The number of hydrogen-bond donors (Lipinski definition) is 1. The molecule has 0 spiro atoms. The van der Waals surface area contributed by atoms with Crippen molar-refractivity contribution >= 4 is 0 Å². The van der Waals surface area contributed by atoms with Crippen LogP contribution in [0.2, 0.25) is 0 Å². The lowest BCUT2D eigenvalue weighted by atomic mass is 9.81. The van der Waals surface area contributed by atoms with Gasteiger partial charge in [0, 0.05) is 18.5 Å². The van der Waals surface area contributed by atoms with Crippen molar-refractivity contribution in [2.45, 2.75) is 38.5 Å². The Hall–Kier alpha value is -0.860. The molecule has 106 valence electrons. The molecule has 2 nitrogen and oxygen atoms in total. The highest BCUT2D eigenvalue weighted by molar-refractivity contribution is 5.25. The summed E-state index contributed by atoms with van der Waals surface area (Å²) in [6.07, 6.45) is 4.04. The van der Waals surface area contributed by atoms with E-state index in [1.165, 1.54) is 37.9 Å². The third-order valence-electron chi connectivity index (χ3n) is 4.78. The van der Waals surface area contributed by atoms with Crippen LogP contribution in [-0.2, 0) is 5.41 Å². The zero-order valence-corrected chi connectivity index (χ0v) is 12.4. The van der Waals surface area contributed by atoms with Gasteiger partial charge in [-0.3, -0.25) is 0 Å². The summed E-state index contributed by atoms with van der Waals surface area (Å²) in [6.45, 7) is 8.89. The van der Waals surface area contributed by atoms with Crippen LogP contribution in [0.3, 0.4) is 0 Å². The highest BCUT2D eigenvalue weighted by atomic mass is 15.1. The van der Waals surface area contributed by atoms with Gasteiger partial charge in [-0.05, 0) is 37.4 Å². The van der Waals surface area contributed by atoms with Crippen molar-refractivity contribution in [3.05, 3.63) is 35.9 Å². The maximum atomic E-state index is 6.08. The van der Waals surface area contributed by atoms with Crippen molar-refractivity contribution < 1.29 is 0 Å². The van der Waals surface area contributed by atoms with E-state index in [0.717, 1.165) is 12.5 Å². The summed E-state index contributed by atoms with van der Waals surface area (Å²) in [5, 5.41) is 0. The monoisotopic (exact) mass is 260 g/mol. The van der Waals surface area contributed by atoms with E-state index in [1.807, 2.05) is 0 Å². The van der Waals surface area contributed by atoms with Gasteiger partial charge in [0.05, 0.1) is 0 Å². The second-order valence-electron chi connectivity index (χ2n) is 6.26. The summed E-state index contributed by atoms with van der Waals surface area (Å²) in [5.74, 6) is 0.942. The molecule has 0 amide bonds. The third-order valence-corrected chi connectivity index (χ3v) is 4.78. The molecule has 1 unspecified atom stereocenters. The van der Waals surface area contributed by atoms with E-state index in [-0.39, 0.29) is 5.41 Å². The first-order valence-corrected chi connectivity index (χ1v) is 7.66. The molecule has 1 aromatic rings. The molecule has 2 N–H and O–H groups in total. The Kier molecular flexibility index (Phi) is 5.00. The summed E-state index contributed by atoms with van der Waals surface area (Å²) < 4.78 is 0. The van der Waals surface area contributed by atoms with Crippen LogP contribution >= 0.6 is 0 Å². The Bertz CT molecular complexity index is 368. The van der Waals surface area contributed by atoms with E-state index in [0.29, 0.717) is 6.54 Å². The minimum atomic E-state index is 0.0836. The standard InChI is InChI=1S/C17H28N2/c1-3-15-9-11-19(12-10-15)14-17(2,13-18)16-7-5-4-6-8-16/h4-8,15H,3,9-14,18H2,1-2H3. The maximum absolute atomic E-state index is 6.08. The van der Waals surface area contributed by atoms with Crippen LogP contribution < -0.4 is 5.73 Å². The SMILES string of the molecule is CCC1CCN(CC(C)(CN)c2ccccc2)CC1. The first kappa shape index (κ1) is 14.5. The number of piperidine rings is 1. The molecule has 0 radical (unpaired) electrons. The molecule has 2 heteroatoms. The quantitative estimate of drug-likeness (QED) is 0.882. The molecule has 1 atom stereocenters. The largest absolute Gasteiger partial charge is 0.330 e. The number of likely N-dealkylation sites (tertiary alicyclic amines) is 1. The van der Waals surface area contributed by atoms with Crippen LogP contribution in [0, 0.1) is 5.92 Å². The molecule has 1 fully saturated rings. The van der Waals surface area contributed by atoms with Crippen LogP contribution in [0.15, 0.2) is 30.3 Å². The van der Waals surface area contributed by atoms with Crippen molar-refractivity contribution in [2.24, 2.45) is 11.7 Å². The van der Waals surface area contributed by atoms with Crippen molar-refractivity contribution in [1.29, 1.82) is 0 Å². The van der Waals surface area contributed by atoms with E-state index in [1.54, 1.807) is 0 Å². The predicted octanol–water partition coefficient (Wildman–Crippen LogP) is 3.03. The fourth-order valence-corrected chi connectivity index (χ4v) is 3.16. The first-order chi connectivity index (χ1) is 9.18. The van der Waals surface area contributed by atoms with Crippen LogP contribution in [0.5, 0.6) is 0 Å². The zero-order valence-electron chi connectivity index (χ0n) is 12.4. The highest BCUT2D eigenvalue weighted by Crippen LogP contribution is 2.27. The van der Waals surface area contributed by atoms with E-state index in [9.17, 15) is 0 Å². The average molecular weight is 260 g/mol. The molecule has 19 heavy (non-hydrogen) atoms. The highest BCUT2D eigenvalue weighted by Gasteiger charge is 2.29. The minimum absolute atomic E-state index is 0.0836. The lowest BCUT2D eigenvalue weighted by Crippen LogP contribution is -2.46. The average Bonchev–Trinajstić information content (AvgIpc) is 2.49. The van der Waals surface area contributed by atoms with Crippen LogP contribution in [-0.4, -0.2) is 31.1 Å². The normalized spacial score (nSPS) is 21.2. The zero-order chi connectivity index (χ0) is 13.7. The number of nitrogens with zero attached hydrogens (tertiary/aromatic N) is 1. The van der Waals surface area contributed by atoms with Gasteiger partial charge in [-0.25, -0.2) is 0 Å². The molecule has 2 rings (SSSR count). The lowest BCUT2D eigenvalue weighted by Gasteiger charge is -2.38. The van der Waals surface area contributed by atoms with Crippen molar-refractivity contribution in [3.63, 3.8) is 0 Å². The molecule has 1 heterocycles. The third kappa shape index (κ3) is 3.58. The summed E-state index contributed by atoms with van der Waals surface area (Å²) in [6, 6.07) is 10.7. The summed E-state index contributed by atoms with van der Waals surface area (Å²) in [5.41, 5.74) is 7.54. The van der Waals surface area contributed by atoms with Gasteiger partial charge in [-0.15, -0.1) is 0 Å². The summed E-state index contributed by atoms with van der Waals surface area (Å²) >= 11 is 0. The van der Waals surface area contributed by atoms with Crippen molar-refractivity contribution in [3.8, 4) is 0 Å². The van der Waals surface area contributed by atoms with E-state index >= 15 is 0 Å². The molecule has 1 saturated heterocycles. The number of nitrogens with two attached hydrogens (primary N) is 1. The van der Waals surface area contributed by atoms with Gasteiger partial charge in [-0.1, -0.05) is 50.6 Å². The van der Waals surface area contributed by atoms with E-state index in [2.05, 4.69) is 49.1 Å². The molecule has 1 aromatic carbocycles. The maximum Gasteiger partial charge on any atom is 0.0174 e. The molecular weight excluding hydrogens is 232 g/mol. The molecule has 0 saturated carbocycles. The Morgan fingerprint density at radius 3 is 2.37 bits per heavy atom. The molecule has 0 aliphatic carbocycles. The molecular formula is C17H28N2. The fourth-order valence-electron chi connectivity index (χ4n) is 3.16. The van der Waals surface area contributed by atoms with Crippen LogP contribution in [0.25, 0.3) is 0 Å². The van der Waals surface area contributed by atoms with Crippen LogP contribution in [0.4, 0.5) is 0 Å². The molecule has 1 aliphatic rings. The Morgan fingerprint density at radius 1 is 1.21 bits per heavy atom. The van der Waals surface area contributed by atoms with Gasteiger partial charge < -0.3 is 10.6 Å².